The fourth-order valence-corrected chi connectivity index (χ4v) is 2.01. The van der Waals surface area contributed by atoms with Crippen LogP contribution in [0.3, 0.4) is 0 Å². The van der Waals surface area contributed by atoms with E-state index < -0.39 is 5.54 Å². The van der Waals surface area contributed by atoms with Gasteiger partial charge in [0.25, 0.3) is 0 Å². The van der Waals surface area contributed by atoms with Gasteiger partial charge in [0.15, 0.2) is 0 Å². The quantitative estimate of drug-likeness (QED) is 0.729. The monoisotopic (exact) mass is 228 g/mol. The molecule has 0 radical (unpaired) electrons. The molecule has 1 unspecified atom stereocenters. The molecule has 0 amide bonds. The molecule has 1 aliphatic rings. The Bertz CT molecular complexity index is 233. The van der Waals surface area contributed by atoms with Crippen molar-refractivity contribution in [1.29, 1.82) is 0 Å². The highest BCUT2D eigenvalue weighted by Gasteiger charge is 2.30. The predicted molar refractivity (Wildman–Crippen MR) is 64.1 cm³/mol. The van der Waals surface area contributed by atoms with Crippen LogP contribution < -0.4 is 5.73 Å². The largest absolute Gasteiger partial charge is 0.468 e. The number of nitrogens with zero attached hydrogens (tertiary/aromatic N) is 1. The summed E-state index contributed by atoms with van der Waals surface area (Å²) in [5, 5.41) is 0. The average molecular weight is 228 g/mol. The van der Waals surface area contributed by atoms with Crippen LogP contribution in [0.1, 0.15) is 33.1 Å². The molecule has 0 aliphatic carbocycles. The standard InChI is InChI=1S/C12H24N2O2/c1-10-4-7-14(8-5-10)9-6-12(2,13)11(15)16-3/h10H,4-9,13H2,1-3H3. The number of carbonyl (C=O) groups is 1. The number of piperidine rings is 1. The Kier molecular flexibility index (Phi) is 4.74. The predicted octanol–water partition coefficient (Wildman–Crippen LogP) is 0.999. The maximum Gasteiger partial charge on any atom is 0.325 e. The second-order valence-electron chi connectivity index (χ2n) is 5.18. The molecule has 1 heterocycles. The lowest BCUT2D eigenvalue weighted by molar-refractivity contribution is -0.146. The van der Waals surface area contributed by atoms with Gasteiger partial charge in [-0.1, -0.05) is 6.92 Å². The minimum Gasteiger partial charge on any atom is -0.468 e. The van der Waals surface area contributed by atoms with E-state index in [0.717, 1.165) is 25.6 Å². The van der Waals surface area contributed by atoms with Crippen molar-refractivity contribution in [1.82, 2.24) is 4.90 Å². The third-order valence-electron chi connectivity index (χ3n) is 3.48. The summed E-state index contributed by atoms with van der Waals surface area (Å²) in [5.74, 6) is 0.513. The SMILES string of the molecule is COC(=O)C(C)(N)CCN1CCC(C)CC1. The van der Waals surface area contributed by atoms with E-state index in [1.54, 1.807) is 6.92 Å². The first kappa shape index (κ1) is 13.5. The Morgan fingerprint density at radius 2 is 2.06 bits per heavy atom. The van der Waals surface area contributed by atoms with E-state index in [2.05, 4.69) is 16.6 Å². The zero-order valence-electron chi connectivity index (χ0n) is 10.7. The topological polar surface area (TPSA) is 55.6 Å². The number of methoxy groups -OCH3 is 1. The van der Waals surface area contributed by atoms with E-state index in [0.29, 0.717) is 6.42 Å². The third-order valence-corrected chi connectivity index (χ3v) is 3.48. The molecular weight excluding hydrogens is 204 g/mol. The molecule has 1 fully saturated rings. The fraction of sp³-hybridized carbons (Fsp3) is 0.917. The molecule has 0 aromatic heterocycles. The Labute approximate surface area is 98.1 Å². The van der Waals surface area contributed by atoms with Gasteiger partial charge in [-0.25, -0.2) is 0 Å². The van der Waals surface area contributed by atoms with Crippen molar-refractivity contribution in [2.24, 2.45) is 11.7 Å². The zero-order valence-corrected chi connectivity index (χ0v) is 10.7. The molecule has 1 atom stereocenters. The van der Waals surface area contributed by atoms with Crippen LogP contribution in [-0.4, -0.2) is 43.2 Å². The number of nitrogens with two attached hydrogens (primary N) is 1. The number of likely N-dealkylation sites (tertiary alicyclic amines) is 1. The van der Waals surface area contributed by atoms with Gasteiger partial charge in [-0.3, -0.25) is 4.79 Å². The lowest BCUT2D eigenvalue weighted by Crippen LogP contribution is -2.48. The molecule has 0 aromatic rings. The van der Waals surface area contributed by atoms with E-state index >= 15 is 0 Å². The highest BCUT2D eigenvalue weighted by molar-refractivity contribution is 5.79. The van der Waals surface area contributed by atoms with Crippen molar-refractivity contribution in [3.8, 4) is 0 Å². The number of carbonyl (C=O) groups excluding carboxylic acids is 1. The van der Waals surface area contributed by atoms with Crippen LogP contribution in [0.15, 0.2) is 0 Å². The number of esters is 1. The molecule has 0 aromatic carbocycles. The van der Waals surface area contributed by atoms with E-state index in [4.69, 9.17) is 5.73 Å². The van der Waals surface area contributed by atoms with Gasteiger partial charge < -0.3 is 15.4 Å². The molecule has 1 aliphatic heterocycles. The van der Waals surface area contributed by atoms with Crippen molar-refractivity contribution in [2.75, 3.05) is 26.7 Å². The molecule has 1 rings (SSSR count). The van der Waals surface area contributed by atoms with Gasteiger partial charge in [0.1, 0.15) is 5.54 Å². The van der Waals surface area contributed by atoms with Crippen molar-refractivity contribution in [2.45, 2.75) is 38.6 Å². The van der Waals surface area contributed by atoms with E-state index in [-0.39, 0.29) is 5.97 Å². The van der Waals surface area contributed by atoms with Gasteiger partial charge >= 0.3 is 5.97 Å². The zero-order chi connectivity index (χ0) is 12.2. The molecular formula is C12H24N2O2. The third kappa shape index (κ3) is 3.76. The van der Waals surface area contributed by atoms with E-state index in [1.165, 1.54) is 20.0 Å². The van der Waals surface area contributed by atoms with Gasteiger partial charge in [-0.05, 0) is 45.2 Å². The van der Waals surface area contributed by atoms with Crippen LogP contribution in [0.5, 0.6) is 0 Å². The molecule has 1 saturated heterocycles. The van der Waals surface area contributed by atoms with E-state index in [9.17, 15) is 4.79 Å². The van der Waals surface area contributed by atoms with Gasteiger partial charge in [-0.2, -0.15) is 0 Å². The molecule has 2 N–H and O–H groups in total. The van der Waals surface area contributed by atoms with Crippen molar-refractivity contribution >= 4 is 5.97 Å². The summed E-state index contributed by atoms with van der Waals surface area (Å²) < 4.78 is 4.69. The fourth-order valence-electron chi connectivity index (χ4n) is 2.01. The van der Waals surface area contributed by atoms with Crippen LogP contribution in [0.2, 0.25) is 0 Å². The van der Waals surface area contributed by atoms with Gasteiger partial charge in [-0.15, -0.1) is 0 Å². The molecule has 0 spiro atoms. The Morgan fingerprint density at radius 3 is 2.56 bits per heavy atom. The lowest BCUT2D eigenvalue weighted by Gasteiger charge is -2.32. The Balaban J connectivity index is 2.31. The van der Waals surface area contributed by atoms with Crippen LogP contribution in [-0.2, 0) is 9.53 Å². The van der Waals surface area contributed by atoms with Gasteiger partial charge in [0.05, 0.1) is 7.11 Å². The summed E-state index contributed by atoms with van der Waals surface area (Å²) >= 11 is 0. The summed E-state index contributed by atoms with van der Waals surface area (Å²) in [6, 6.07) is 0. The Morgan fingerprint density at radius 1 is 1.50 bits per heavy atom. The highest BCUT2D eigenvalue weighted by atomic mass is 16.5. The summed E-state index contributed by atoms with van der Waals surface area (Å²) in [7, 11) is 1.38. The minimum absolute atomic E-state index is 0.321. The second kappa shape index (κ2) is 5.64. The maximum atomic E-state index is 11.4. The molecule has 94 valence electrons. The number of rotatable bonds is 4. The first-order valence-corrected chi connectivity index (χ1v) is 6.05. The number of hydrogen-bond acceptors (Lipinski definition) is 4. The second-order valence-corrected chi connectivity index (χ2v) is 5.18. The van der Waals surface area contributed by atoms with Gasteiger partial charge in [0.2, 0.25) is 0 Å². The van der Waals surface area contributed by atoms with E-state index in [1.807, 2.05) is 0 Å². The van der Waals surface area contributed by atoms with Crippen LogP contribution >= 0.6 is 0 Å². The normalized spacial score (nSPS) is 22.8. The summed E-state index contributed by atoms with van der Waals surface area (Å²) in [6.07, 6.45) is 3.16. The minimum atomic E-state index is -0.849. The molecule has 0 saturated carbocycles. The summed E-state index contributed by atoms with van der Waals surface area (Å²) in [4.78, 5) is 13.8. The molecule has 0 bridgehead atoms. The van der Waals surface area contributed by atoms with Crippen LogP contribution in [0.4, 0.5) is 0 Å². The lowest BCUT2D eigenvalue weighted by atomic mass is 9.96. The van der Waals surface area contributed by atoms with Gasteiger partial charge in [0, 0.05) is 6.54 Å². The first-order valence-electron chi connectivity index (χ1n) is 6.05. The molecule has 4 nitrogen and oxygen atoms in total. The van der Waals surface area contributed by atoms with Crippen molar-refractivity contribution in [3.05, 3.63) is 0 Å². The van der Waals surface area contributed by atoms with Crippen molar-refractivity contribution < 1.29 is 9.53 Å². The van der Waals surface area contributed by atoms with Crippen LogP contribution in [0, 0.1) is 5.92 Å². The summed E-state index contributed by atoms with van der Waals surface area (Å²) in [6.45, 7) is 7.16. The average Bonchev–Trinajstić information content (AvgIpc) is 2.27. The van der Waals surface area contributed by atoms with Crippen LogP contribution in [0.25, 0.3) is 0 Å². The molecule has 16 heavy (non-hydrogen) atoms. The number of hydrogen-bond donors (Lipinski definition) is 1. The molecule has 4 heteroatoms. The number of ether oxygens (including phenoxy) is 1. The smallest absolute Gasteiger partial charge is 0.325 e. The van der Waals surface area contributed by atoms with Crippen molar-refractivity contribution in [3.63, 3.8) is 0 Å². The summed E-state index contributed by atoms with van der Waals surface area (Å²) in [5.41, 5.74) is 5.06. The first-order chi connectivity index (χ1) is 7.45. The Hall–Kier alpha value is -0.610. The maximum absolute atomic E-state index is 11.4. The highest BCUT2D eigenvalue weighted by Crippen LogP contribution is 2.17.